The molecule has 0 aliphatic carbocycles. The van der Waals surface area contributed by atoms with Crippen LogP contribution in [0, 0.1) is 0 Å². The lowest BCUT2D eigenvalue weighted by Gasteiger charge is -2.06. The highest BCUT2D eigenvalue weighted by atomic mass is 16.5. The molecule has 0 saturated carbocycles. The zero-order valence-electron chi connectivity index (χ0n) is 12.0. The molecular formula is C17H15N3O2. The van der Waals surface area contributed by atoms with Crippen LogP contribution in [0.4, 0.5) is 11.6 Å². The van der Waals surface area contributed by atoms with Gasteiger partial charge in [-0.15, -0.1) is 0 Å². The molecule has 0 radical (unpaired) electrons. The van der Waals surface area contributed by atoms with Crippen LogP contribution in [0.3, 0.4) is 0 Å². The van der Waals surface area contributed by atoms with E-state index in [0.717, 1.165) is 22.6 Å². The number of nitrogens with zero attached hydrogens (tertiary/aromatic N) is 2. The molecule has 0 spiro atoms. The van der Waals surface area contributed by atoms with Crippen molar-refractivity contribution in [3.8, 4) is 22.6 Å². The van der Waals surface area contributed by atoms with Gasteiger partial charge in [0.2, 0.25) is 5.95 Å². The molecule has 1 aromatic heterocycles. The third-order valence-electron chi connectivity index (χ3n) is 3.18. The SMILES string of the molecule is COc1ccc(-c2cnc(Nc3cccc(O)c3)nc2)cc1. The molecule has 0 saturated heterocycles. The molecule has 110 valence electrons. The number of methoxy groups -OCH3 is 1. The van der Waals surface area contributed by atoms with Gasteiger partial charge in [0.25, 0.3) is 0 Å². The number of nitrogens with one attached hydrogen (secondary N) is 1. The van der Waals surface area contributed by atoms with Gasteiger partial charge in [0.15, 0.2) is 0 Å². The first kappa shape index (κ1) is 13.9. The van der Waals surface area contributed by atoms with Gasteiger partial charge in [0, 0.05) is 29.7 Å². The fourth-order valence-corrected chi connectivity index (χ4v) is 2.04. The van der Waals surface area contributed by atoms with Crippen molar-refractivity contribution in [3.05, 3.63) is 60.9 Å². The third kappa shape index (κ3) is 3.15. The Bertz CT molecular complexity index is 756. The molecule has 0 unspecified atom stereocenters. The van der Waals surface area contributed by atoms with Crippen LogP contribution in [0.1, 0.15) is 0 Å². The third-order valence-corrected chi connectivity index (χ3v) is 3.18. The number of aromatic hydroxyl groups is 1. The van der Waals surface area contributed by atoms with Gasteiger partial charge in [-0.2, -0.15) is 0 Å². The zero-order valence-corrected chi connectivity index (χ0v) is 12.0. The van der Waals surface area contributed by atoms with Crippen LogP contribution in [-0.2, 0) is 0 Å². The molecule has 3 rings (SSSR count). The summed E-state index contributed by atoms with van der Waals surface area (Å²) in [6.07, 6.45) is 3.50. The van der Waals surface area contributed by atoms with Crippen LogP contribution in [0.15, 0.2) is 60.9 Å². The number of rotatable bonds is 4. The van der Waals surface area contributed by atoms with Gasteiger partial charge in [-0.05, 0) is 29.8 Å². The maximum Gasteiger partial charge on any atom is 0.227 e. The highest BCUT2D eigenvalue weighted by molar-refractivity contribution is 5.63. The molecule has 5 nitrogen and oxygen atoms in total. The number of aromatic nitrogens is 2. The highest BCUT2D eigenvalue weighted by Gasteiger charge is 2.02. The number of ether oxygens (including phenoxy) is 1. The van der Waals surface area contributed by atoms with Gasteiger partial charge in [-0.1, -0.05) is 18.2 Å². The van der Waals surface area contributed by atoms with E-state index in [1.807, 2.05) is 30.3 Å². The summed E-state index contributed by atoms with van der Waals surface area (Å²) < 4.78 is 5.14. The van der Waals surface area contributed by atoms with Crippen molar-refractivity contribution in [2.24, 2.45) is 0 Å². The van der Waals surface area contributed by atoms with E-state index in [1.54, 1.807) is 37.7 Å². The Hall–Kier alpha value is -3.08. The van der Waals surface area contributed by atoms with E-state index < -0.39 is 0 Å². The van der Waals surface area contributed by atoms with Crippen LogP contribution in [0.5, 0.6) is 11.5 Å². The van der Waals surface area contributed by atoms with Crippen LogP contribution in [-0.4, -0.2) is 22.2 Å². The van der Waals surface area contributed by atoms with Crippen LogP contribution < -0.4 is 10.1 Å². The first-order valence-corrected chi connectivity index (χ1v) is 6.77. The number of phenols is 1. The van der Waals surface area contributed by atoms with Gasteiger partial charge < -0.3 is 15.2 Å². The second-order valence-corrected chi connectivity index (χ2v) is 4.70. The maximum absolute atomic E-state index is 9.44. The minimum Gasteiger partial charge on any atom is -0.508 e. The quantitative estimate of drug-likeness (QED) is 0.769. The number of phenolic OH excluding ortho intramolecular Hbond substituents is 1. The molecule has 3 aromatic rings. The Morgan fingerprint density at radius 3 is 2.32 bits per heavy atom. The smallest absolute Gasteiger partial charge is 0.227 e. The molecule has 5 heteroatoms. The average molecular weight is 293 g/mol. The monoisotopic (exact) mass is 293 g/mol. The number of benzene rings is 2. The summed E-state index contributed by atoms with van der Waals surface area (Å²) in [6, 6.07) is 14.5. The van der Waals surface area contributed by atoms with E-state index in [0.29, 0.717) is 5.95 Å². The summed E-state index contributed by atoms with van der Waals surface area (Å²) in [4.78, 5) is 8.58. The van der Waals surface area contributed by atoms with Gasteiger partial charge >= 0.3 is 0 Å². The van der Waals surface area contributed by atoms with E-state index in [4.69, 9.17) is 4.74 Å². The number of anilines is 2. The van der Waals surface area contributed by atoms with Crippen molar-refractivity contribution in [2.75, 3.05) is 12.4 Å². The minimum absolute atomic E-state index is 0.194. The predicted molar refractivity (Wildman–Crippen MR) is 85.4 cm³/mol. The van der Waals surface area contributed by atoms with Gasteiger partial charge in [0.1, 0.15) is 11.5 Å². The Balaban J connectivity index is 1.77. The number of hydrogen-bond donors (Lipinski definition) is 2. The normalized spacial score (nSPS) is 10.2. The summed E-state index contributed by atoms with van der Waals surface area (Å²) in [5.41, 5.74) is 2.67. The predicted octanol–water partition coefficient (Wildman–Crippen LogP) is 3.60. The summed E-state index contributed by atoms with van der Waals surface area (Å²) in [7, 11) is 1.64. The lowest BCUT2D eigenvalue weighted by atomic mass is 10.1. The molecule has 22 heavy (non-hydrogen) atoms. The van der Waals surface area contributed by atoms with E-state index in [1.165, 1.54) is 0 Å². The van der Waals surface area contributed by atoms with E-state index in [-0.39, 0.29) is 5.75 Å². The molecular weight excluding hydrogens is 278 g/mol. The van der Waals surface area contributed by atoms with E-state index >= 15 is 0 Å². The van der Waals surface area contributed by atoms with Crippen LogP contribution in [0.2, 0.25) is 0 Å². The van der Waals surface area contributed by atoms with Crippen molar-refractivity contribution in [1.82, 2.24) is 9.97 Å². The lowest BCUT2D eigenvalue weighted by molar-refractivity contribution is 0.415. The summed E-state index contributed by atoms with van der Waals surface area (Å²) in [5.74, 6) is 1.48. The topological polar surface area (TPSA) is 67.3 Å². The molecule has 0 aliphatic rings. The van der Waals surface area contributed by atoms with Crippen LogP contribution in [0.25, 0.3) is 11.1 Å². The largest absolute Gasteiger partial charge is 0.508 e. The van der Waals surface area contributed by atoms with Crippen LogP contribution >= 0.6 is 0 Å². The van der Waals surface area contributed by atoms with Crippen molar-refractivity contribution < 1.29 is 9.84 Å². The summed E-state index contributed by atoms with van der Waals surface area (Å²) >= 11 is 0. The van der Waals surface area contributed by atoms with E-state index in [9.17, 15) is 5.11 Å². The standard InChI is InChI=1S/C17H15N3O2/c1-22-16-7-5-12(6-8-16)13-10-18-17(19-11-13)20-14-3-2-4-15(21)9-14/h2-11,21H,1H3,(H,18,19,20). The van der Waals surface area contributed by atoms with Crippen molar-refractivity contribution >= 4 is 11.6 Å². The van der Waals surface area contributed by atoms with Gasteiger partial charge in [0.05, 0.1) is 7.11 Å². The first-order valence-electron chi connectivity index (χ1n) is 6.77. The molecule has 0 aliphatic heterocycles. The van der Waals surface area contributed by atoms with Gasteiger partial charge in [-0.3, -0.25) is 0 Å². The Morgan fingerprint density at radius 1 is 0.955 bits per heavy atom. The number of hydrogen-bond acceptors (Lipinski definition) is 5. The molecule has 2 N–H and O–H groups in total. The Morgan fingerprint density at radius 2 is 1.68 bits per heavy atom. The second-order valence-electron chi connectivity index (χ2n) is 4.70. The molecule has 2 aromatic carbocycles. The lowest BCUT2D eigenvalue weighted by Crippen LogP contribution is -1.96. The molecule has 0 fully saturated rings. The van der Waals surface area contributed by atoms with Crippen molar-refractivity contribution in [1.29, 1.82) is 0 Å². The molecule has 0 bridgehead atoms. The fraction of sp³-hybridized carbons (Fsp3) is 0.0588. The zero-order chi connectivity index (χ0) is 15.4. The van der Waals surface area contributed by atoms with Crippen molar-refractivity contribution in [3.63, 3.8) is 0 Å². The van der Waals surface area contributed by atoms with E-state index in [2.05, 4.69) is 15.3 Å². The Kier molecular flexibility index (Phi) is 3.87. The summed E-state index contributed by atoms with van der Waals surface area (Å²) in [5, 5.41) is 12.5. The molecule has 1 heterocycles. The Labute approximate surface area is 128 Å². The fourth-order valence-electron chi connectivity index (χ4n) is 2.04. The summed E-state index contributed by atoms with van der Waals surface area (Å²) in [6.45, 7) is 0. The minimum atomic E-state index is 0.194. The van der Waals surface area contributed by atoms with Crippen molar-refractivity contribution in [2.45, 2.75) is 0 Å². The first-order chi connectivity index (χ1) is 10.7. The average Bonchev–Trinajstić information content (AvgIpc) is 2.56. The maximum atomic E-state index is 9.44. The highest BCUT2D eigenvalue weighted by Crippen LogP contribution is 2.22. The second kappa shape index (κ2) is 6.13. The molecule has 0 atom stereocenters. The molecule has 0 amide bonds. The van der Waals surface area contributed by atoms with Gasteiger partial charge in [-0.25, -0.2) is 9.97 Å².